The Morgan fingerprint density at radius 2 is 2.32 bits per heavy atom. The van der Waals surface area contributed by atoms with Crippen molar-refractivity contribution in [2.24, 2.45) is 5.73 Å². The molecule has 19 heavy (non-hydrogen) atoms. The van der Waals surface area contributed by atoms with Gasteiger partial charge in [-0.1, -0.05) is 0 Å². The highest BCUT2D eigenvalue weighted by atomic mass is 32.1. The van der Waals surface area contributed by atoms with Crippen LogP contribution >= 0.6 is 11.3 Å². The first kappa shape index (κ1) is 14.1. The topological polar surface area (TPSA) is 55.3 Å². The van der Waals surface area contributed by atoms with Crippen molar-refractivity contribution in [2.75, 3.05) is 19.6 Å². The van der Waals surface area contributed by atoms with E-state index >= 15 is 0 Å². The lowest BCUT2D eigenvalue weighted by Gasteiger charge is -2.19. The highest BCUT2D eigenvalue weighted by molar-refractivity contribution is 7.13. The quantitative estimate of drug-likeness (QED) is 0.849. The predicted octanol–water partition coefficient (Wildman–Crippen LogP) is 2.43. The van der Waals surface area contributed by atoms with Gasteiger partial charge in [-0.2, -0.15) is 0 Å². The molecule has 7 heteroatoms. The molecule has 0 unspecified atom stereocenters. The molecule has 0 aliphatic rings. The van der Waals surface area contributed by atoms with E-state index in [-0.39, 0.29) is 6.54 Å². The molecule has 0 amide bonds. The largest absolute Gasteiger partial charge is 0.462 e. The molecule has 0 bridgehead atoms. The van der Waals surface area contributed by atoms with Crippen molar-refractivity contribution in [1.82, 2.24) is 9.88 Å². The van der Waals surface area contributed by atoms with Gasteiger partial charge in [0.15, 0.2) is 10.8 Å². The number of furan rings is 1. The lowest BCUT2D eigenvalue weighted by atomic mass is 10.4. The molecular weight excluding hydrogens is 272 g/mol. The molecule has 0 saturated carbocycles. The summed E-state index contributed by atoms with van der Waals surface area (Å²) in [5.41, 5.74) is 6.18. The van der Waals surface area contributed by atoms with Gasteiger partial charge in [-0.15, -0.1) is 11.3 Å². The highest BCUT2D eigenvalue weighted by Crippen LogP contribution is 2.24. The summed E-state index contributed by atoms with van der Waals surface area (Å²) in [5.74, 6) is 0.690. The minimum Gasteiger partial charge on any atom is -0.462 e. The van der Waals surface area contributed by atoms with E-state index in [0.717, 1.165) is 10.7 Å². The monoisotopic (exact) mass is 287 g/mol. The first-order chi connectivity index (χ1) is 9.19. The first-order valence-electron chi connectivity index (χ1n) is 5.88. The van der Waals surface area contributed by atoms with Crippen molar-refractivity contribution < 1.29 is 13.2 Å². The van der Waals surface area contributed by atoms with Crippen LogP contribution in [0.25, 0.3) is 10.8 Å². The zero-order valence-corrected chi connectivity index (χ0v) is 11.1. The van der Waals surface area contributed by atoms with E-state index in [0.29, 0.717) is 25.4 Å². The summed E-state index contributed by atoms with van der Waals surface area (Å²) in [4.78, 5) is 5.98. The lowest BCUT2D eigenvalue weighted by molar-refractivity contribution is 0.0857. The Labute approximate surface area is 113 Å². The number of aromatic nitrogens is 1. The van der Waals surface area contributed by atoms with Crippen LogP contribution in [0.5, 0.6) is 0 Å². The van der Waals surface area contributed by atoms with E-state index in [4.69, 9.17) is 10.2 Å². The van der Waals surface area contributed by atoms with Crippen LogP contribution in [0.2, 0.25) is 0 Å². The van der Waals surface area contributed by atoms with Crippen LogP contribution in [0.1, 0.15) is 5.69 Å². The molecule has 0 aliphatic heterocycles. The van der Waals surface area contributed by atoms with E-state index < -0.39 is 6.43 Å². The van der Waals surface area contributed by atoms with Crippen molar-refractivity contribution in [3.05, 3.63) is 29.5 Å². The molecule has 0 radical (unpaired) electrons. The third kappa shape index (κ3) is 4.09. The molecule has 0 atom stereocenters. The number of thiazole rings is 1. The molecule has 2 aromatic rings. The van der Waals surface area contributed by atoms with Crippen molar-refractivity contribution in [3.8, 4) is 10.8 Å². The third-order valence-electron chi connectivity index (χ3n) is 2.51. The summed E-state index contributed by atoms with van der Waals surface area (Å²) in [6, 6.07) is 3.60. The predicted molar refractivity (Wildman–Crippen MR) is 70.2 cm³/mol. The van der Waals surface area contributed by atoms with E-state index in [1.807, 2.05) is 11.4 Å². The summed E-state index contributed by atoms with van der Waals surface area (Å²) in [5, 5.41) is 2.61. The molecule has 4 nitrogen and oxygen atoms in total. The second-order valence-corrected chi connectivity index (χ2v) is 4.89. The number of hydrogen-bond acceptors (Lipinski definition) is 5. The fourth-order valence-corrected chi connectivity index (χ4v) is 2.51. The number of halogens is 2. The van der Waals surface area contributed by atoms with Crippen LogP contribution in [-0.4, -0.2) is 35.9 Å². The number of alkyl halides is 2. The Kier molecular flexibility index (Phi) is 5.00. The molecule has 0 saturated heterocycles. The van der Waals surface area contributed by atoms with Crippen molar-refractivity contribution in [2.45, 2.75) is 13.0 Å². The van der Waals surface area contributed by atoms with Crippen molar-refractivity contribution >= 4 is 11.3 Å². The zero-order valence-electron chi connectivity index (χ0n) is 10.3. The zero-order chi connectivity index (χ0) is 13.7. The maximum absolute atomic E-state index is 12.4. The standard InChI is InChI=1S/C12H15F2N3OS/c13-11(14)7-17(4-3-15)6-9-8-19-12(16-9)10-2-1-5-18-10/h1-2,5,8,11H,3-4,6-7,15H2. The SMILES string of the molecule is NCCN(Cc1csc(-c2ccco2)n1)CC(F)F. The van der Waals surface area contributed by atoms with Crippen LogP contribution in [0.4, 0.5) is 8.78 Å². The Morgan fingerprint density at radius 1 is 1.47 bits per heavy atom. The average Bonchev–Trinajstić information content (AvgIpc) is 2.97. The van der Waals surface area contributed by atoms with E-state index in [2.05, 4.69) is 4.98 Å². The van der Waals surface area contributed by atoms with Crippen LogP contribution in [0, 0.1) is 0 Å². The molecule has 2 aromatic heterocycles. The van der Waals surface area contributed by atoms with Gasteiger partial charge < -0.3 is 10.2 Å². The summed E-state index contributed by atoms with van der Waals surface area (Å²) < 4.78 is 30.1. The van der Waals surface area contributed by atoms with Gasteiger partial charge in [-0.3, -0.25) is 4.90 Å². The van der Waals surface area contributed by atoms with Gasteiger partial charge in [0.1, 0.15) is 0 Å². The first-order valence-corrected chi connectivity index (χ1v) is 6.76. The number of nitrogens with zero attached hydrogens (tertiary/aromatic N) is 2. The lowest BCUT2D eigenvalue weighted by Crippen LogP contribution is -2.33. The molecule has 0 fully saturated rings. The molecule has 0 spiro atoms. The summed E-state index contributed by atoms with van der Waals surface area (Å²) in [6.45, 7) is 0.864. The smallest absolute Gasteiger partial charge is 0.251 e. The molecule has 0 aromatic carbocycles. The maximum Gasteiger partial charge on any atom is 0.251 e. The third-order valence-corrected chi connectivity index (χ3v) is 3.42. The molecule has 0 aliphatic carbocycles. The van der Waals surface area contributed by atoms with E-state index in [9.17, 15) is 8.78 Å². The second kappa shape index (κ2) is 6.74. The summed E-state index contributed by atoms with van der Waals surface area (Å²) in [6.07, 6.45) is -0.789. The molecule has 2 N–H and O–H groups in total. The van der Waals surface area contributed by atoms with Crippen LogP contribution < -0.4 is 5.73 Å². The van der Waals surface area contributed by atoms with Crippen molar-refractivity contribution in [1.29, 1.82) is 0 Å². The normalized spacial score (nSPS) is 11.6. The number of nitrogens with two attached hydrogens (primary N) is 1. The van der Waals surface area contributed by atoms with Crippen molar-refractivity contribution in [3.63, 3.8) is 0 Å². The second-order valence-electron chi connectivity index (χ2n) is 4.04. The van der Waals surface area contributed by atoms with Gasteiger partial charge in [-0.25, -0.2) is 13.8 Å². The van der Waals surface area contributed by atoms with E-state index in [1.165, 1.54) is 11.3 Å². The molecular formula is C12H15F2N3OS. The number of rotatable bonds is 7. The van der Waals surface area contributed by atoms with Crippen LogP contribution in [0.3, 0.4) is 0 Å². The molecule has 104 valence electrons. The van der Waals surface area contributed by atoms with Crippen LogP contribution in [0.15, 0.2) is 28.2 Å². The Morgan fingerprint density at radius 3 is 2.95 bits per heavy atom. The maximum atomic E-state index is 12.4. The van der Waals surface area contributed by atoms with Gasteiger partial charge in [0.05, 0.1) is 18.5 Å². The summed E-state index contributed by atoms with van der Waals surface area (Å²) in [7, 11) is 0. The van der Waals surface area contributed by atoms with Gasteiger partial charge in [0.25, 0.3) is 6.43 Å². The van der Waals surface area contributed by atoms with Crippen LogP contribution in [-0.2, 0) is 6.54 Å². The Balaban J connectivity index is 2.01. The fraction of sp³-hybridized carbons (Fsp3) is 0.417. The van der Waals surface area contributed by atoms with Gasteiger partial charge >= 0.3 is 0 Å². The molecule has 2 rings (SSSR count). The Bertz CT molecular complexity index is 487. The highest BCUT2D eigenvalue weighted by Gasteiger charge is 2.14. The number of hydrogen-bond donors (Lipinski definition) is 1. The summed E-state index contributed by atoms with van der Waals surface area (Å²) >= 11 is 1.44. The fourth-order valence-electron chi connectivity index (χ4n) is 1.73. The minimum atomic E-state index is -2.37. The Hall–Kier alpha value is -1.31. The van der Waals surface area contributed by atoms with Gasteiger partial charge in [0.2, 0.25) is 0 Å². The molecule has 2 heterocycles. The van der Waals surface area contributed by atoms with Gasteiger partial charge in [-0.05, 0) is 12.1 Å². The average molecular weight is 287 g/mol. The van der Waals surface area contributed by atoms with E-state index in [1.54, 1.807) is 17.2 Å². The van der Waals surface area contributed by atoms with Gasteiger partial charge in [0, 0.05) is 25.0 Å². The minimum absolute atomic E-state index is 0.287.